The third kappa shape index (κ3) is 5.45. The summed E-state index contributed by atoms with van der Waals surface area (Å²) >= 11 is 0. The van der Waals surface area contributed by atoms with Crippen molar-refractivity contribution in [2.45, 2.75) is 64.2 Å². The van der Waals surface area contributed by atoms with Crippen molar-refractivity contribution in [2.75, 3.05) is 6.61 Å². The summed E-state index contributed by atoms with van der Waals surface area (Å²) in [5.74, 6) is 0. The molecule has 2 radical (unpaired) electrons. The van der Waals surface area contributed by atoms with Gasteiger partial charge in [-0.1, -0.05) is 0 Å². The van der Waals surface area contributed by atoms with Gasteiger partial charge in [0, 0.05) is 6.00 Å². The molecule has 1 N–H and O–H groups in total. The van der Waals surface area contributed by atoms with Crippen molar-refractivity contribution in [2.24, 2.45) is 0 Å². The Morgan fingerprint density at radius 2 is 1.95 bits per heavy atom. The number of aliphatic hydroxyl groups excluding tert-OH is 1. The Bertz CT molecular complexity index is 352. The average molecular weight is 307 g/mol. The lowest BCUT2D eigenvalue weighted by Crippen LogP contribution is -2.39. The zero-order valence-electron chi connectivity index (χ0n) is 12.1. The van der Waals surface area contributed by atoms with E-state index < -0.39 is 38.2 Å². The molecule has 1 aliphatic rings. The lowest BCUT2D eigenvalue weighted by Gasteiger charge is -2.28. The number of aliphatic hydroxyl groups is 1. The molecule has 9 heteroatoms. The van der Waals surface area contributed by atoms with E-state index in [2.05, 4.69) is 4.52 Å². The second kappa shape index (κ2) is 7.36. The number of hydrogen-bond acceptors (Lipinski definition) is 7. The lowest BCUT2D eigenvalue weighted by molar-refractivity contribution is -0.231. The Balaban J connectivity index is 2.59. The van der Waals surface area contributed by atoms with E-state index in [1.807, 2.05) is 0 Å². The molecule has 1 fully saturated rings. The van der Waals surface area contributed by atoms with Crippen LogP contribution in [0.2, 0.25) is 0 Å². The van der Waals surface area contributed by atoms with Gasteiger partial charge in [0.1, 0.15) is 26.2 Å². The van der Waals surface area contributed by atoms with Crippen LogP contribution in [-0.2, 0) is 23.1 Å². The molecule has 116 valence electrons. The Labute approximate surface area is 120 Å². The maximum Gasteiger partial charge on any atom is 0.268 e. The Morgan fingerprint density at radius 1 is 1.35 bits per heavy atom. The first-order chi connectivity index (χ1) is 9.12. The van der Waals surface area contributed by atoms with Crippen LogP contribution in [0, 0.1) is 0 Å². The Kier molecular flexibility index (Phi) is 6.66. The standard InChI is InChI=1S/C11H22BO7P/c1-6(2)17-10-8(18-11(12)9(10)13)5-16-20(14,15)19-7(3)4/h6-11,13H,5H2,1-4H3,(H,14,15)/p-1/t8-,9?,10+,11-/m1/s1. The molecule has 7 nitrogen and oxygen atoms in total. The molecule has 1 rings (SSSR count). The van der Waals surface area contributed by atoms with E-state index in [0.717, 1.165) is 0 Å². The quantitative estimate of drug-likeness (QED) is 0.520. The summed E-state index contributed by atoms with van der Waals surface area (Å²) in [4.78, 5) is 11.5. The summed E-state index contributed by atoms with van der Waals surface area (Å²) in [6.07, 6.45) is -3.25. The Morgan fingerprint density at radius 3 is 2.45 bits per heavy atom. The lowest BCUT2D eigenvalue weighted by atomic mass is 9.93. The Hall–Kier alpha value is 0.0549. The van der Waals surface area contributed by atoms with Gasteiger partial charge < -0.3 is 28.5 Å². The SMILES string of the molecule is [B][C@@H]1O[C@H](COP(=O)([O-])OC(C)C)[C@H](OC(C)C)C1O. The van der Waals surface area contributed by atoms with E-state index in [4.69, 9.17) is 21.8 Å². The van der Waals surface area contributed by atoms with Crippen molar-refractivity contribution in [1.82, 2.24) is 0 Å². The first kappa shape index (κ1) is 18.1. The molecule has 5 atom stereocenters. The fourth-order valence-electron chi connectivity index (χ4n) is 1.84. The maximum absolute atomic E-state index is 11.5. The maximum atomic E-state index is 11.5. The second-order valence-corrected chi connectivity index (χ2v) is 6.54. The highest BCUT2D eigenvalue weighted by atomic mass is 31.2. The predicted molar refractivity (Wildman–Crippen MR) is 70.2 cm³/mol. The van der Waals surface area contributed by atoms with Crippen molar-refractivity contribution in [3.05, 3.63) is 0 Å². The molecule has 0 spiro atoms. The molecular formula is C11H21BO7P-. The highest BCUT2D eigenvalue weighted by Crippen LogP contribution is 2.40. The summed E-state index contributed by atoms with van der Waals surface area (Å²) in [6, 6.07) is -0.940. The van der Waals surface area contributed by atoms with E-state index in [1.165, 1.54) is 0 Å². The zero-order valence-corrected chi connectivity index (χ0v) is 13.0. The first-order valence-corrected chi connectivity index (χ1v) is 7.97. The minimum atomic E-state index is -4.41. The topological polar surface area (TPSA) is 97.3 Å². The summed E-state index contributed by atoms with van der Waals surface area (Å²) in [5, 5.41) is 9.84. The van der Waals surface area contributed by atoms with Gasteiger partial charge in [-0.3, -0.25) is 4.57 Å². The van der Waals surface area contributed by atoms with Crippen molar-refractivity contribution in [3.8, 4) is 0 Å². The number of hydrogen-bond donors (Lipinski definition) is 1. The molecule has 2 unspecified atom stereocenters. The van der Waals surface area contributed by atoms with E-state index >= 15 is 0 Å². The third-order valence-electron chi connectivity index (χ3n) is 2.54. The average Bonchev–Trinajstić information content (AvgIpc) is 2.52. The van der Waals surface area contributed by atoms with Gasteiger partial charge in [-0.2, -0.15) is 0 Å². The molecule has 0 aromatic rings. The van der Waals surface area contributed by atoms with Crippen LogP contribution in [-0.4, -0.2) is 56.1 Å². The van der Waals surface area contributed by atoms with Gasteiger partial charge in [-0.15, -0.1) is 0 Å². The van der Waals surface area contributed by atoms with E-state index in [1.54, 1.807) is 27.7 Å². The van der Waals surface area contributed by atoms with Crippen LogP contribution in [0.25, 0.3) is 0 Å². The van der Waals surface area contributed by atoms with Crippen LogP contribution in [0.3, 0.4) is 0 Å². The molecule has 0 bridgehead atoms. The van der Waals surface area contributed by atoms with Crippen LogP contribution in [0.1, 0.15) is 27.7 Å². The molecule has 0 amide bonds. The van der Waals surface area contributed by atoms with E-state index in [-0.39, 0.29) is 12.7 Å². The summed E-state index contributed by atoms with van der Waals surface area (Å²) in [6.45, 7) is 6.40. The second-order valence-electron chi connectivity index (χ2n) is 5.18. The van der Waals surface area contributed by atoms with Crippen LogP contribution in [0.15, 0.2) is 0 Å². The fourth-order valence-corrected chi connectivity index (χ4v) is 2.74. The third-order valence-corrected chi connectivity index (χ3v) is 3.68. The van der Waals surface area contributed by atoms with Crippen molar-refractivity contribution >= 4 is 15.7 Å². The monoisotopic (exact) mass is 307 g/mol. The number of phosphoric acid groups is 1. The molecule has 20 heavy (non-hydrogen) atoms. The fraction of sp³-hybridized carbons (Fsp3) is 1.00. The first-order valence-electron chi connectivity index (χ1n) is 6.51. The largest absolute Gasteiger partial charge is 0.756 e. The highest BCUT2D eigenvalue weighted by Gasteiger charge is 2.42. The molecule has 0 aromatic carbocycles. The van der Waals surface area contributed by atoms with Gasteiger partial charge in [-0.25, -0.2) is 0 Å². The molecule has 1 heterocycles. The predicted octanol–water partition coefficient (Wildman–Crippen LogP) is -0.0557. The van der Waals surface area contributed by atoms with Crippen LogP contribution in [0.5, 0.6) is 0 Å². The van der Waals surface area contributed by atoms with Crippen LogP contribution < -0.4 is 4.89 Å². The minimum absolute atomic E-state index is 0.169. The molecule has 0 aliphatic carbocycles. The smallest absolute Gasteiger partial charge is 0.268 e. The van der Waals surface area contributed by atoms with Crippen molar-refractivity contribution in [3.63, 3.8) is 0 Å². The number of rotatable bonds is 7. The van der Waals surface area contributed by atoms with Gasteiger partial charge in [0.2, 0.25) is 0 Å². The van der Waals surface area contributed by atoms with Crippen LogP contribution in [0.4, 0.5) is 0 Å². The molecule has 0 aromatic heterocycles. The van der Waals surface area contributed by atoms with Gasteiger partial charge in [0.05, 0.1) is 18.8 Å². The number of ether oxygens (including phenoxy) is 2. The van der Waals surface area contributed by atoms with Crippen molar-refractivity contribution in [1.29, 1.82) is 0 Å². The minimum Gasteiger partial charge on any atom is -0.756 e. The molecular weight excluding hydrogens is 286 g/mol. The molecule has 1 saturated heterocycles. The normalized spacial score (nSPS) is 33.8. The van der Waals surface area contributed by atoms with Gasteiger partial charge in [0.15, 0.2) is 0 Å². The number of phosphoric ester groups is 1. The molecule has 1 aliphatic heterocycles. The summed E-state index contributed by atoms with van der Waals surface area (Å²) in [5.41, 5.74) is 0. The summed E-state index contributed by atoms with van der Waals surface area (Å²) in [7, 11) is 1.16. The summed E-state index contributed by atoms with van der Waals surface area (Å²) < 4.78 is 31.6. The van der Waals surface area contributed by atoms with Gasteiger partial charge in [-0.05, 0) is 27.7 Å². The van der Waals surface area contributed by atoms with Gasteiger partial charge in [0.25, 0.3) is 7.82 Å². The highest BCUT2D eigenvalue weighted by molar-refractivity contribution is 7.45. The van der Waals surface area contributed by atoms with Gasteiger partial charge >= 0.3 is 0 Å². The van der Waals surface area contributed by atoms with Crippen molar-refractivity contribution < 1.29 is 33.1 Å². The van der Waals surface area contributed by atoms with E-state index in [0.29, 0.717) is 0 Å². The van der Waals surface area contributed by atoms with Crippen LogP contribution >= 0.6 is 7.82 Å². The van der Waals surface area contributed by atoms with E-state index in [9.17, 15) is 14.6 Å². The zero-order chi connectivity index (χ0) is 15.5. The molecule has 0 saturated carbocycles.